The third-order valence-electron chi connectivity index (χ3n) is 5.63. The van der Waals surface area contributed by atoms with Gasteiger partial charge in [0.25, 0.3) is 11.5 Å². The highest BCUT2D eigenvalue weighted by Gasteiger charge is 2.39. The Bertz CT molecular complexity index is 834. The summed E-state index contributed by atoms with van der Waals surface area (Å²) in [4.78, 5) is 32.5. The summed E-state index contributed by atoms with van der Waals surface area (Å²) in [6.45, 7) is 3.87. The number of ether oxygens (including phenoxy) is 1. The molecule has 3 heterocycles. The Morgan fingerprint density at radius 3 is 2.81 bits per heavy atom. The van der Waals surface area contributed by atoms with Gasteiger partial charge in [0.1, 0.15) is 5.56 Å². The summed E-state index contributed by atoms with van der Waals surface area (Å²) < 4.78 is 6.93. The SMILES string of the molecule is O=C(NCC1(N2CCOCC2)CCCCC1)c1cnc2sccn2c1=O. The zero-order valence-electron chi connectivity index (χ0n) is 14.8. The summed E-state index contributed by atoms with van der Waals surface area (Å²) in [5.74, 6) is -0.332. The first-order valence-corrected chi connectivity index (χ1v) is 10.1. The first kappa shape index (κ1) is 17.6. The van der Waals surface area contributed by atoms with Gasteiger partial charge in [-0.1, -0.05) is 19.3 Å². The molecule has 0 spiro atoms. The molecule has 1 saturated heterocycles. The van der Waals surface area contributed by atoms with E-state index in [1.54, 1.807) is 11.6 Å². The van der Waals surface area contributed by atoms with Gasteiger partial charge in [0, 0.05) is 42.9 Å². The van der Waals surface area contributed by atoms with Crippen LogP contribution < -0.4 is 10.9 Å². The van der Waals surface area contributed by atoms with Gasteiger partial charge in [-0.15, -0.1) is 11.3 Å². The molecule has 26 heavy (non-hydrogen) atoms. The van der Waals surface area contributed by atoms with Gasteiger partial charge in [-0.2, -0.15) is 0 Å². The summed E-state index contributed by atoms with van der Waals surface area (Å²) >= 11 is 1.38. The maximum Gasteiger partial charge on any atom is 0.271 e. The molecule has 2 aromatic rings. The second-order valence-electron chi connectivity index (χ2n) is 7.10. The van der Waals surface area contributed by atoms with Crippen molar-refractivity contribution in [3.8, 4) is 0 Å². The van der Waals surface area contributed by atoms with Crippen LogP contribution in [-0.4, -0.2) is 58.6 Å². The van der Waals surface area contributed by atoms with Crippen LogP contribution in [0.5, 0.6) is 0 Å². The van der Waals surface area contributed by atoms with E-state index in [9.17, 15) is 9.59 Å². The number of thiazole rings is 1. The van der Waals surface area contributed by atoms with Crippen LogP contribution in [0.15, 0.2) is 22.6 Å². The van der Waals surface area contributed by atoms with E-state index in [1.165, 1.54) is 41.2 Å². The molecule has 2 aliphatic rings. The monoisotopic (exact) mass is 376 g/mol. The van der Waals surface area contributed by atoms with Gasteiger partial charge in [0.2, 0.25) is 0 Å². The van der Waals surface area contributed by atoms with Crippen molar-refractivity contribution in [3.63, 3.8) is 0 Å². The van der Waals surface area contributed by atoms with Gasteiger partial charge in [-0.25, -0.2) is 4.98 Å². The van der Waals surface area contributed by atoms with Crippen molar-refractivity contribution >= 4 is 22.2 Å². The zero-order valence-corrected chi connectivity index (χ0v) is 15.6. The summed E-state index contributed by atoms with van der Waals surface area (Å²) in [6, 6.07) is 0. The Hall–Kier alpha value is -1.77. The predicted molar refractivity (Wildman–Crippen MR) is 99.9 cm³/mol. The van der Waals surface area contributed by atoms with E-state index in [0.29, 0.717) is 11.5 Å². The van der Waals surface area contributed by atoms with E-state index < -0.39 is 0 Å². The summed E-state index contributed by atoms with van der Waals surface area (Å²) in [5.41, 5.74) is -0.222. The third-order valence-corrected chi connectivity index (χ3v) is 6.40. The standard InChI is InChI=1S/C18H24N4O3S/c23-15(14-12-19-17-22(16(14)24)8-11-26-17)20-13-18(4-2-1-3-5-18)21-6-9-25-10-7-21/h8,11-12H,1-7,9-10,13H2,(H,20,23). The Balaban J connectivity index is 1.52. The minimum Gasteiger partial charge on any atom is -0.379 e. The number of amides is 1. The Morgan fingerprint density at radius 1 is 1.27 bits per heavy atom. The molecule has 1 aliphatic carbocycles. The third kappa shape index (κ3) is 3.28. The highest BCUT2D eigenvalue weighted by Crippen LogP contribution is 2.33. The lowest BCUT2D eigenvalue weighted by Gasteiger charge is -2.48. The molecule has 0 atom stereocenters. The van der Waals surface area contributed by atoms with Crippen molar-refractivity contribution in [2.45, 2.75) is 37.6 Å². The Morgan fingerprint density at radius 2 is 2.04 bits per heavy atom. The van der Waals surface area contributed by atoms with Crippen molar-refractivity contribution in [3.05, 3.63) is 33.7 Å². The average molecular weight is 376 g/mol. The van der Waals surface area contributed by atoms with Gasteiger partial charge in [0.05, 0.1) is 13.2 Å². The molecule has 0 unspecified atom stereocenters. The maximum atomic E-state index is 12.7. The van der Waals surface area contributed by atoms with Crippen LogP contribution in [0.3, 0.4) is 0 Å². The minimum absolute atomic E-state index is 0.0200. The summed E-state index contributed by atoms with van der Waals surface area (Å²) in [5, 5.41) is 4.83. The molecule has 2 fully saturated rings. The van der Waals surface area contributed by atoms with E-state index in [4.69, 9.17) is 4.74 Å². The number of nitrogens with one attached hydrogen (secondary N) is 1. The highest BCUT2D eigenvalue weighted by molar-refractivity contribution is 7.15. The van der Waals surface area contributed by atoms with E-state index in [2.05, 4.69) is 15.2 Å². The zero-order chi connectivity index (χ0) is 18.0. The van der Waals surface area contributed by atoms with Crippen molar-refractivity contribution < 1.29 is 9.53 Å². The number of hydrogen-bond donors (Lipinski definition) is 1. The molecule has 1 amide bonds. The molecule has 1 aliphatic heterocycles. The van der Waals surface area contributed by atoms with Crippen molar-refractivity contribution in [2.75, 3.05) is 32.8 Å². The lowest BCUT2D eigenvalue weighted by atomic mass is 9.79. The van der Waals surface area contributed by atoms with Gasteiger partial charge in [-0.05, 0) is 12.8 Å². The topological polar surface area (TPSA) is 75.9 Å². The molecule has 0 radical (unpaired) electrons. The van der Waals surface area contributed by atoms with Crippen molar-refractivity contribution in [1.82, 2.24) is 19.6 Å². The van der Waals surface area contributed by atoms with Gasteiger partial charge in [-0.3, -0.25) is 18.9 Å². The molecule has 1 saturated carbocycles. The highest BCUT2D eigenvalue weighted by atomic mass is 32.1. The van der Waals surface area contributed by atoms with E-state index in [0.717, 1.165) is 39.1 Å². The first-order valence-electron chi connectivity index (χ1n) is 9.25. The number of rotatable bonds is 4. The summed E-state index contributed by atoms with van der Waals surface area (Å²) in [7, 11) is 0. The van der Waals surface area contributed by atoms with Crippen LogP contribution in [0, 0.1) is 0 Å². The predicted octanol–water partition coefficient (Wildman–Crippen LogP) is 1.52. The van der Waals surface area contributed by atoms with Crippen LogP contribution in [0.1, 0.15) is 42.5 Å². The molecule has 1 N–H and O–H groups in total. The number of fused-ring (bicyclic) bond motifs is 1. The first-order chi connectivity index (χ1) is 12.7. The molecular formula is C18H24N4O3S. The van der Waals surface area contributed by atoms with E-state index >= 15 is 0 Å². The van der Waals surface area contributed by atoms with Crippen LogP contribution in [0.2, 0.25) is 0 Å². The van der Waals surface area contributed by atoms with E-state index in [1.807, 2.05) is 0 Å². The van der Waals surface area contributed by atoms with Gasteiger partial charge in [0.15, 0.2) is 4.96 Å². The second kappa shape index (κ2) is 7.46. The number of nitrogens with zero attached hydrogens (tertiary/aromatic N) is 3. The minimum atomic E-state index is -0.332. The number of hydrogen-bond acceptors (Lipinski definition) is 6. The molecule has 7 nitrogen and oxygen atoms in total. The second-order valence-corrected chi connectivity index (χ2v) is 7.97. The normalized spacial score (nSPS) is 20.9. The molecule has 4 rings (SSSR count). The molecule has 0 aromatic carbocycles. The Labute approximate surface area is 156 Å². The fourth-order valence-corrected chi connectivity index (χ4v) is 4.85. The fourth-order valence-electron chi connectivity index (χ4n) is 4.17. The smallest absolute Gasteiger partial charge is 0.271 e. The summed E-state index contributed by atoms with van der Waals surface area (Å²) in [6.07, 6.45) is 8.81. The molecular weight excluding hydrogens is 352 g/mol. The number of carbonyl (C=O) groups excluding carboxylic acids is 1. The van der Waals surface area contributed by atoms with Crippen LogP contribution in [0.4, 0.5) is 0 Å². The van der Waals surface area contributed by atoms with E-state index in [-0.39, 0.29) is 22.6 Å². The van der Waals surface area contributed by atoms with Gasteiger partial charge >= 0.3 is 0 Å². The van der Waals surface area contributed by atoms with Crippen LogP contribution >= 0.6 is 11.3 Å². The fraction of sp³-hybridized carbons (Fsp3) is 0.611. The van der Waals surface area contributed by atoms with Gasteiger partial charge < -0.3 is 10.1 Å². The average Bonchev–Trinajstić information content (AvgIpc) is 3.18. The molecule has 2 aromatic heterocycles. The van der Waals surface area contributed by atoms with Crippen LogP contribution in [-0.2, 0) is 4.74 Å². The lowest BCUT2D eigenvalue weighted by Crippen LogP contribution is -2.59. The van der Waals surface area contributed by atoms with Crippen molar-refractivity contribution in [2.24, 2.45) is 0 Å². The molecule has 0 bridgehead atoms. The van der Waals surface area contributed by atoms with Crippen LogP contribution in [0.25, 0.3) is 4.96 Å². The number of aromatic nitrogens is 2. The Kier molecular flexibility index (Phi) is 5.06. The lowest BCUT2D eigenvalue weighted by molar-refractivity contribution is -0.0361. The number of carbonyl (C=O) groups is 1. The largest absolute Gasteiger partial charge is 0.379 e. The molecule has 140 valence electrons. The van der Waals surface area contributed by atoms with Crippen molar-refractivity contribution in [1.29, 1.82) is 0 Å². The quantitative estimate of drug-likeness (QED) is 0.876. The number of morpholine rings is 1. The molecule has 8 heteroatoms. The maximum absolute atomic E-state index is 12.7.